The highest BCUT2D eigenvalue weighted by molar-refractivity contribution is 5.96. The summed E-state index contributed by atoms with van der Waals surface area (Å²) < 4.78 is 34.6. The molecule has 0 saturated carbocycles. The van der Waals surface area contributed by atoms with Crippen molar-refractivity contribution >= 4 is 16.9 Å². The van der Waals surface area contributed by atoms with E-state index in [1.807, 2.05) is 0 Å². The minimum absolute atomic E-state index is 0.113. The van der Waals surface area contributed by atoms with Gasteiger partial charge in [-0.05, 0) is 68.1 Å². The van der Waals surface area contributed by atoms with E-state index in [0.717, 1.165) is 0 Å². The van der Waals surface area contributed by atoms with Crippen LogP contribution in [0.2, 0.25) is 0 Å². The van der Waals surface area contributed by atoms with Crippen LogP contribution in [0.4, 0.5) is 8.78 Å². The molecular weight excluding hydrogens is 352 g/mol. The molecule has 0 spiro atoms. The van der Waals surface area contributed by atoms with E-state index in [4.69, 9.17) is 4.74 Å². The number of hydrogen-bond donors (Lipinski definition) is 0. The molecule has 0 unspecified atom stereocenters. The van der Waals surface area contributed by atoms with E-state index in [2.05, 4.69) is 0 Å². The number of hydrogen-bond acceptors (Lipinski definition) is 3. The molecule has 0 aliphatic carbocycles. The standard InChI is InChI=1S/C21H19F2NO3/c1-10-8-14(22)6-7-16(10)24-9-15(21(26)27-5)20(25)17-13(4)18(23)11(2)12(3)19(17)24/h6-9H,1-5H3. The number of aromatic nitrogens is 1. The van der Waals surface area contributed by atoms with Crippen LogP contribution >= 0.6 is 0 Å². The predicted octanol–water partition coefficient (Wildman–Crippen LogP) is 4.29. The van der Waals surface area contributed by atoms with Crippen LogP contribution < -0.4 is 5.43 Å². The molecular formula is C21H19F2NO3. The second kappa shape index (κ2) is 6.61. The Hall–Kier alpha value is -3.02. The molecule has 0 amide bonds. The summed E-state index contributed by atoms with van der Waals surface area (Å²) in [6, 6.07) is 4.21. The Balaban J connectivity index is 2.62. The van der Waals surface area contributed by atoms with Gasteiger partial charge >= 0.3 is 5.97 Å². The van der Waals surface area contributed by atoms with Gasteiger partial charge in [0.05, 0.1) is 18.0 Å². The first-order valence-electron chi connectivity index (χ1n) is 8.38. The lowest BCUT2D eigenvalue weighted by atomic mass is 9.97. The van der Waals surface area contributed by atoms with Crippen LogP contribution in [-0.2, 0) is 4.74 Å². The largest absolute Gasteiger partial charge is 0.465 e. The van der Waals surface area contributed by atoms with Gasteiger partial charge in [-0.1, -0.05) is 0 Å². The highest BCUT2D eigenvalue weighted by atomic mass is 19.1. The van der Waals surface area contributed by atoms with Gasteiger partial charge in [-0.25, -0.2) is 13.6 Å². The van der Waals surface area contributed by atoms with Crippen molar-refractivity contribution in [3.05, 3.63) is 74.1 Å². The summed E-state index contributed by atoms with van der Waals surface area (Å²) in [5.41, 5.74) is 2.03. The van der Waals surface area contributed by atoms with E-state index in [1.165, 1.54) is 32.4 Å². The molecule has 6 heteroatoms. The van der Waals surface area contributed by atoms with Gasteiger partial charge in [0.25, 0.3) is 0 Å². The molecule has 0 radical (unpaired) electrons. The number of ether oxygens (including phenoxy) is 1. The third-order valence-electron chi connectivity index (χ3n) is 4.98. The number of esters is 1. The maximum Gasteiger partial charge on any atom is 0.343 e. The molecule has 0 aliphatic rings. The molecule has 0 bridgehead atoms. The average Bonchev–Trinajstić information content (AvgIpc) is 2.64. The van der Waals surface area contributed by atoms with Gasteiger partial charge in [-0.2, -0.15) is 0 Å². The second-order valence-electron chi connectivity index (χ2n) is 6.58. The summed E-state index contributed by atoms with van der Waals surface area (Å²) in [5, 5.41) is 0.113. The molecule has 0 fully saturated rings. The van der Waals surface area contributed by atoms with E-state index in [9.17, 15) is 18.4 Å². The number of nitrogens with zero attached hydrogens (tertiary/aromatic N) is 1. The van der Waals surface area contributed by atoms with E-state index in [-0.39, 0.29) is 16.5 Å². The molecule has 1 heterocycles. The first-order chi connectivity index (χ1) is 12.7. The fraction of sp³-hybridized carbons (Fsp3) is 0.238. The number of rotatable bonds is 2. The second-order valence-corrected chi connectivity index (χ2v) is 6.58. The minimum atomic E-state index is -0.812. The predicted molar refractivity (Wildman–Crippen MR) is 99.7 cm³/mol. The lowest BCUT2D eigenvalue weighted by Crippen LogP contribution is -2.22. The molecule has 2 aromatic carbocycles. The Kier molecular flexibility index (Phi) is 4.59. The lowest BCUT2D eigenvalue weighted by Gasteiger charge is -2.20. The van der Waals surface area contributed by atoms with Gasteiger partial charge in [0.15, 0.2) is 0 Å². The number of carbonyl (C=O) groups is 1. The zero-order chi connectivity index (χ0) is 20.0. The third-order valence-corrected chi connectivity index (χ3v) is 4.98. The quantitative estimate of drug-likeness (QED) is 0.632. The molecule has 0 saturated heterocycles. The van der Waals surface area contributed by atoms with Gasteiger partial charge in [-0.3, -0.25) is 4.79 Å². The molecule has 1 aromatic heterocycles. The van der Waals surface area contributed by atoms with Crippen molar-refractivity contribution in [1.82, 2.24) is 4.57 Å². The van der Waals surface area contributed by atoms with Gasteiger partial charge < -0.3 is 9.30 Å². The normalized spacial score (nSPS) is 11.1. The first-order valence-corrected chi connectivity index (χ1v) is 8.38. The van der Waals surface area contributed by atoms with Gasteiger partial charge in [-0.15, -0.1) is 0 Å². The summed E-state index contributed by atoms with van der Waals surface area (Å²) in [7, 11) is 1.17. The molecule has 4 nitrogen and oxygen atoms in total. The van der Waals surface area contributed by atoms with Crippen molar-refractivity contribution < 1.29 is 18.3 Å². The summed E-state index contributed by atoms with van der Waals surface area (Å²) in [6.45, 7) is 6.58. The van der Waals surface area contributed by atoms with E-state index < -0.39 is 23.0 Å². The molecule has 140 valence electrons. The van der Waals surface area contributed by atoms with Crippen LogP contribution in [0.5, 0.6) is 0 Å². The van der Waals surface area contributed by atoms with E-state index in [1.54, 1.807) is 31.4 Å². The monoisotopic (exact) mass is 371 g/mol. The molecule has 3 aromatic rings. The summed E-state index contributed by atoms with van der Waals surface area (Å²) in [5.74, 6) is -1.69. The van der Waals surface area contributed by atoms with Crippen LogP contribution in [0.15, 0.2) is 29.2 Å². The van der Waals surface area contributed by atoms with Crippen LogP contribution in [0.1, 0.15) is 32.6 Å². The van der Waals surface area contributed by atoms with Crippen molar-refractivity contribution in [2.75, 3.05) is 7.11 Å². The number of methoxy groups -OCH3 is 1. The fourth-order valence-electron chi connectivity index (χ4n) is 3.40. The number of carbonyl (C=O) groups excluding carboxylic acids is 1. The van der Waals surface area contributed by atoms with Gasteiger partial charge in [0.1, 0.15) is 17.2 Å². The zero-order valence-corrected chi connectivity index (χ0v) is 15.7. The zero-order valence-electron chi connectivity index (χ0n) is 15.7. The number of benzene rings is 2. The highest BCUT2D eigenvalue weighted by Gasteiger charge is 2.23. The Bertz CT molecular complexity index is 1160. The smallest absolute Gasteiger partial charge is 0.343 e. The third kappa shape index (κ3) is 2.81. The van der Waals surface area contributed by atoms with Crippen LogP contribution in [-0.4, -0.2) is 17.6 Å². The molecule has 0 N–H and O–H groups in total. The van der Waals surface area contributed by atoms with Gasteiger partial charge in [0.2, 0.25) is 5.43 Å². The van der Waals surface area contributed by atoms with Gasteiger partial charge in [0, 0.05) is 11.9 Å². The number of halogens is 2. The summed E-state index contributed by atoms with van der Waals surface area (Å²) in [4.78, 5) is 25.1. The maximum atomic E-state index is 14.7. The fourth-order valence-corrected chi connectivity index (χ4v) is 3.40. The van der Waals surface area contributed by atoms with Crippen molar-refractivity contribution in [2.24, 2.45) is 0 Å². The number of aryl methyl sites for hydroxylation is 3. The highest BCUT2D eigenvalue weighted by Crippen LogP contribution is 2.30. The van der Waals surface area contributed by atoms with Crippen molar-refractivity contribution in [2.45, 2.75) is 27.7 Å². The van der Waals surface area contributed by atoms with Crippen molar-refractivity contribution in [1.29, 1.82) is 0 Å². The summed E-state index contributed by atoms with van der Waals surface area (Å²) in [6.07, 6.45) is 1.38. The average molecular weight is 371 g/mol. The Morgan fingerprint density at radius 3 is 2.30 bits per heavy atom. The number of pyridine rings is 1. The number of fused-ring (bicyclic) bond motifs is 1. The first kappa shape index (κ1) is 18.8. The summed E-state index contributed by atoms with van der Waals surface area (Å²) >= 11 is 0. The molecule has 0 aliphatic heterocycles. The van der Waals surface area contributed by atoms with Crippen LogP contribution in [0.25, 0.3) is 16.6 Å². The Morgan fingerprint density at radius 1 is 1.04 bits per heavy atom. The maximum absolute atomic E-state index is 14.7. The minimum Gasteiger partial charge on any atom is -0.465 e. The molecule has 27 heavy (non-hydrogen) atoms. The topological polar surface area (TPSA) is 48.3 Å². The lowest BCUT2D eigenvalue weighted by molar-refractivity contribution is 0.0599. The van der Waals surface area contributed by atoms with E-state index >= 15 is 0 Å². The Morgan fingerprint density at radius 2 is 1.70 bits per heavy atom. The Labute approximate surface area is 155 Å². The van der Waals surface area contributed by atoms with Crippen LogP contribution in [0.3, 0.4) is 0 Å². The van der Waals surface area contributed by atoms with Crippen LogP contribution in [0, 0.1) is 39.3 Å². The van der Waals surface area contributed by atoms with Crippen molar-refractivity contribution in [3.63, 3.8) is 0 Å². The van der Waals surface area contributed by atoms with Crippen molar-refractivity contribution in [3.8, 4) is 5.69 Å². The molecule has 3 rings (SSSR count). The molecule has 0 atom stereocenters. The van der Waals surface area contributed by atoms with E-state index in [0.29, 0.717) is 27.9 Å². The SMILES string of the molecule is COC(=O)c1cn(-c2ccc(F)cc2C)c2c(C)c(C)c(F)c(C)c2c1=O.